The number of thiazole rings is 1. The number of piperidine rings is 1. The molecule has 6 nitrogen and oxygen atoms in total. The second kappa shape index (κ2) is 5.90. The normalized spacial score (nSPS) is 19.4. The van der Waals surface area contributed by atoms with Crippen molar-refractivity contribution in [2.45, 2.75) is 38.8 Å². The van der Waals surface area contributed by atoms with Crippen molar-refractivity contribution < 1.29 is 0 Å². The molecule has 0 bridgehead atoms. The Bertz CT molecular complexity index is 866. The summed E-state index contributed by atoms with van der Waals surface area (Å²) in [6.45, 7) is 3.78. The molecule has 23 heavy (non-hydrogen) atoms. The second-order valence-corrected chi connectivity index (χ2v) is 6.83. The zero-order chi connectivity index (χ0) is 15.8. The lowest BCUT2D eigenvalue weighted by atomic mass is 9.99. The minimum absolute atomic E-state index is 0.0442. The Morgan fingerprint density at radius 3 is 3.13 bits per heavy atom. The van der Waals surface area contributed by atoms with Crippen molar-refractivity contribution in [3.8, 4) is 0 Å². The largest absolute Gasteiger partial charge is 0.294 e. The summed E-state index contributed by atoms with van der Waals surface area (Å²) in [6, 6.07) is 3.78. The van der Waals surface area contributed by atoms with Gasteiger partial charge in [0.1, 0.15) is 0 Å². The summed E-state index contributed by atoms with van der Waals surface area (Å²) in [5, 5.41) is 5.11. The van der Waals surface area contributed by atoms with Crippen LogP contribution in [0.15, 0.2) is 27.8 Å². The quantitative estimate of drug-likeness (QED) is 0.802. The molecule has 0 spiro atoms. The van der Waals surface area contributed by atoms with Crippen molar-refractivity contribution in [2.75, 3.05) is 6.54 Å². The van der Waals surface area contributed by atoms with E-state index in [2.05, 4.69) is 20.4 Å². The number of fused-ring (bicyclic) bond motifs is 1. The molecule has 1 fully saturated rings. The average molecular weight is 329 g/mol. The van der Waals surface area contributed by atoms with Gasteiger partial charge in [-0.15, -0.1) is 11.3 Å². The van der Waals surface area contributed by atoms with Crippen LogP contribution in [-0.4, -0.2) is 31.0 Å². The van der Waals surface area contributed by atoms with Gasteiger partial charge in [-0.1, -0.05) is 6.42 Å². The highest BCUT2D eigenvalue weighted by atomic mass is 32.1. The van der Waals surface area contributed by atoms with Crippen molar-refractivity contribution in [1.29, 1.82) is 0 Å². The summed E-state index contributed by atoms with van der Waals surface area (Å²) in [5.41, 5.74) is 5.44. The van der Waals surface area contributed by atoms with Gasteiger partial charge < -0.3 is 0 Å². The van der Waals surface area contributed by atoms with Gasteiger partial charge in [0.2, 0.25) is 0 Å². The molecule has 0 amide bonds. The lowest BCUT2D eigenvalue weighted by Crippen LogP contribution is -2.34. The van der Waals surface area contributed by atoms with Gasteiger partial charge in [-0.25, -0.2) is 14.5 Å². The molecule has 3 aromatic heterocycles. The Labute approximate surface area is 137 Å². The first-order valence-corrected chi connectivity index (χ1v) is 8.85. The summed E-state index contributed by atoms with van der Waals surface area (Å²) >= 11 is 1.62. The van der Waals surface area contributed by atoms with Crippen molar-refractivity contribution in [1.82, 2.24) is 24.5 Å². The molecule has 4 rings (SSSR count). The van der Waals surface area contributed by atoms with Crippen LogP contribution in [0.4, 0.5) is 0 Å². The molecule has 1 saturated heterocycles. The molecule has 1 N–H and O–H groups in total. The number of H-pyrrole nitrogens is 1. The third-order valence-electron chi connectivity index (χ3n) is 4.40. The average Bonchev–Trinajstić information content (AvgIpc) is 3.17. The van der Waals surface area contributed by atoms with Gasteiger partial charge in [0.15, 0.2) is 5.65 Å². The number of rotatable bonds is 3. The molecule has 1 aliphatic heterocycles. The number of nitrogens with one attached hydrogen (secondary N) is 1. The maximum Gasteiger partial charge on any atom is 0.272 e. The Morgan fingerprint density at radius 2 is 2.30 bits per heavy atom. The summed E-state index contributed by atoms with van der Waals surface area (Å²) < 4.78 is 1.51. The predicted octanol–water partition coefficient (Wildman–Crippen LogP) is 2.51. The Morgan fingerprint density at radius 1 is 1.39 bits per heavy atom. The molecular formula is C16H19N5OS. The summed E-state index contributed by atoms with van der Waals surface area (Å²) in [6.07, 6.45) is 3.40. The monoisotopic (exact) mass is 329 g/mol. The number of aryl methyl sites for hydroxylation is 1. The van der Waals surface area contributed by atoms with Gasteiger partial charge >= 0.3 is 0 Å². The number of likely N-dealkylation sites (tertiary alicyclic amines) is 1. The molecule has 1 aliphatic rings. The Balaban J connectivity index is 1.70. The van der Waals surface area contributed by atoms with E-state index in [0.29, 0.717) is 5.65 Å². The van der Waals surface area contributed by atoms with E-state index >= 15 is 0 Å². The standard InChI is InChI=1S/C16H19N5OS/c1-11-6-15-18-13(7-16(22)21(15)19-11)14-4-2-3-5-20(14)8-12-9-23-10-17-12/h6-7,9-10,14,19H,2-5,8H2,1H3. The fourth-order valence-electron chi connectivity index (χ4n) is 3.34. The molecular weight excluding hydrogens is 310 g/mol. The smallest absolute Gasteiger partial charge is 0.272 e. The van der Waals surface area contributed by atoms with Crippen molar-refractivity contribution in [2.24, 2.45) is 0 Å². The SMILES string of the molecule is Cc1cc2nc(C3CCCCN3Cc3cscn3)cc(=O)n2[nH]1. The van der Waals surface area contributed by atoms with Crippen LogP contribution in [0.3, 0.4) is 0 Å². The van der Waals surface area contributed by atoms with Crippen LogP contribution < -0.4 is 5.56 Å². The predicted molar refractivity (Wildman–Crippen MR) is 89.7 cm³/mol. The number of hydrogen-bond donors (Lipinski definition) is 1. The van der Waals surface area contributed by atoms with Crippen molar-refractivity contribution in [3.05, 3.63) is 50.5 Å². The number of nitrogens with zero attached hydrogens (tertiary/aromatic N) is 4. The van der Waals surface area contributed by atoms with Crippen LogP contribution in [0, 0.1) is 6.92 Å². The topological polar surface area (TPSA) is 66.3 Å². The van der Waals surface area contributed by atoms with Crippen molar-refractivity contribution >= 4 is 17.0 Å². The maximum atomic E-state index is 12.3. The molecule has 4 heterocycles. The molecule has 3 aromatic rings. The minimum Gasteiger partial charge on any atom is -0.294 e. The maximum absolute atomic E-state index is 12.3. The summed E-state index contributed by atoms with van der Waals surface area (Å²) in [5.74, 6) is 0. The van der Waals surface area contributed by atoms with E-state index in [1.165, 1.54) is 17.4 Å². The number of aromatic amines is 1. The van der Waals surface area contributed by atoms with E-state index in [0.717, 1.165) is 36.6 Å². The van der Waals surface area contributed by atoms with Crippen LogP contribution in [0.1, 0.15) is 42.4 Å². The van der Waals surface area contributed by atoms with Gasteiger partial charge in [0, 0.05) is 29.8 Å². The zero-order valence-electron chi connectivity index (χ0n) is 13.0. The first-order chi connectivity index (χ1) is 11.2. The number of hydrogen-bond acceptors (Lipinski definition) is 5. The molecule has 120 valence electrons. The first kappa shape index (κ1) is 14.6. The van der Waals surface area contributed by atoms with Gasteiger partial charge in [0.05, 0.1) is 22.9 Å². The van der Waals surface area contributed by atoms with Gasteiger partial charge in [-0.3, -0.25) is 14.8 Å². The second-order valence-electron chi connectivity index (χ2n) is 6.11. The zero-order valence-corrected chi connectivity index (χ0v) is 13.8. The lowest BCUT2D eigenvalue weighted by Gasteiger charge is -2.34. The summed E-state index contributed by atoms with van der Waals surface area (Å²) in [4.78, 5) is 23.9. The van der Waals surface area contributed by atoms with Gasteiger partial charge in [-0.2, -0.15) is 0 Å². The van der Waals surface area contributed by atoms with Gasteiger partial charge in [0.25, 0.3) is 5.56 Å². The van der Waals surface area contributed by atoms with Crippen LogP contribution >= 0.6 is 11.3 Å². The molecule has 0 aromatic carbocycles. The molecule has 1 unspecified atom stereocenters. The van der Waals surface area contributed by atoms with E-state index < -0.39 is 0 Å². The first-order valence-electron chi connectivity index (χ1n) is 7.91. The lowest BCUT2D eigenvalue weighted by molar-refractivity contribution is 0.136. The third kappa shape index (κ3) is 2.82. The Hall–Kier alpha value is -1.99. The van der Waals surface area contributed by atoms with E-state index in [-0.39, 0.29) is 11.6 Å². The molecule has 0 saturated carbocycles. The highest BCUT2D eigenvalue weighted by Gasteiger charge is 2.26. The van der Waals surface area contributed by atoms with Crippen LogP contribution in [0.5, 0.6) is 0 Å². The van der Waals surface area contributed by atoms with Crippen LogP contribution in [0.25, 0.3) is 5.65 Å². The molecule has 0 aliphatic carbocycles. The van der Waals surface area contributed by atoms with E-state index in [9.17, 15) is 4.79 Å². The fraction of sp³-hybridized carbons (Fsp3) is 0.438. The Kier molecular flexibility index (Phi) is 3.74. The third-order valence-corrected chi connectivity index (χ3v) is 5.04. The van der Waals surface area contributed by atoms with E-state index in [1.54, 1.807) is 17.4 Å². The minimum atomic E-state index is -0.0442. The van der Waals surface area contributed by atoms with Crippen LogP contribution in [-0.2, 0) is 6.54 Å². The van der Waals surface area contributed by atoms with Crippen molar-refractivity contribution in [3.63, 3.8) is 0 Å². The van der Waals surface area contributed by atoms with E-state index in [1.807, 2.05) is 18.5 Å². The van der Waals surface area contributed by atoms with E-state index in [4.69, 9.17) is 4.98 Å². The molecule has 0 radical (unpaired) electrons. The fourth-order valence-corrected chi connectivity index (χ4v) is 3.89. The highest BCUT2D eigenvalue weighted by Crippen LogP contribution is 2.30. The summed E-state index contributed by atoms with van der Waals surface area (Å²) in [7, 11) is 0. The van der Waals surface area contributed by atoms with Gasteiger partial charge in [-0.05, 0) is 26.3 Å². The molecule has 1 atom stereocenters. The highest BCUT2D eigenvalue weighted by molar-refractivity contribution is 7.07. The number of aromatic nitrogens is 4. The van der Waals surface area contributed by atoms with Crippen LogP contribution in [0.2, 0.25) is 0 Å². The molecule has 7 heteroatoms.